The number of halogens is 3. The maximum absolute atomic E-state index is 13.4. The van der Waals surface area contributed by atoms with Crippen molar-refractivity contribution < 1.29 is 32.5 Å². The van der Waals surface area contributed by atoms with Crippen LogP contribution in [-0.4, -0.2) is 39.9 Å². The van der Waals surface area contributed by atoms with Crippen LogP contribution in [0.25, 0.3) is 16.9 Å². The molecule has 2 aromatic heterocycles. The molecule has 0 unspecified atom stereocenters. The number of nitrogens with two attached hydrogens (primary N) is 1. The summed E-state index contributed by atoms with van der Waals surface area (Å²) in [7, 11) is 2.83. The van der Waals surface area contributed by atoms with E-state index in [4.69, 9.17) is 20.3 Å². The van der Waals surface area contributed by atoms with Gasteiger partial charge in [0, 0.05) is 18.2 Å². The number of aromatic carboxylic acids is 1. The summed E-state index contributed by atoms with van der Waals surface area (Å²) < 4.78 is 50.9. The van der Waals surface area contributed by atoms with Gasteiger partial charge >= 0.3 is 12.1 Å². The molecule has 34 heavy (non-hydrogen) atoms. The first kappa shape index (κ1) is 24.5. The van der Waals surface area contributed by atoms with Gasteiger partial charge in [0.05, 0.1) is 19.9 Å². The summed E-state index contributed by atoms with van der Waals surface area (Å²) >= 11 is 0. The molecule has 4 rings (SSSR count). The Morgan fingerprint density at radius 1 is 1.03 bits per heavy atom. The minimum atomic E-state index is -4.76. The zero-order valence-corrected chi connectivity index (χ0v) is 18.2. The molecule has 0 aliphatic heterocycles. The molecular weight excluding hydrogens is 453 g/mol. The lowest BCUT2D eigenvalue weighted by molar-refractivity contribution is -0.142. The molecule has 0 saturated carbocycles. The SMILES string of the molecule is COc1ccc(-c2cc(C(F)(F)F)n3nc(C(=O)O)cc3n2)cc1OC.NCc1ccccc1. The van der Waals surface area contributed by atoms with Gasteiger partial charge in [-0.1, -0.05) is 30.3 Å². The van der Waals surface area contributed by atoms with Gasteiger partial charge in [-0.15, -0.1) is 0 Å². The fourth-order valence-electron chi connectivity index (χ4n) is 3.04. The van der Waals surface area contributed by atoms with Crippen molar-refractivity contribution in [3.8, 4) is 22.8 Å². The van der Waals surface area contributed by atoms with Crippen molar-refractivity contribution in [1.82, 2.24) is 14.6 Å². The van der Waals surface area contributed by atoms with E-state index in [1.807, 2.05) is 30.3 Å². The average molecular weight is 474 g/mol. The summed E-state index contributed by atoms with van der Waals surface area (Å²) in [6, 6.07) is 16.3. The van der Waals surface area contributed by atoms with Crippen molar-refractivity contribution in [3.63, 3.8) is 0 Å². The van der Waals surface area contributed by atoms with Gasteiger partial charge in [-0.05, 0) is 29.8 Å². The van der Waals surface area contributed by atoms with Gasteiger partial charge in [0.25, 0.3) is 0 Å². The molecule has 11 heteroatoms. The number of rotatable bonds is 5. The number of benzene rings is 2. The number of nitrogens with zero attached hydrogens (tertiary/aromatic N) is 3. The number of carboxylic acid groups (broad SMARTS) is 1. The molecule has 4 aromatic rings. The van der Waals surface area contributed by atoms with Crippen molar-refractivity contribution in [2.45, 2.75) is 12.7 Å². The lowest BCUT2D eigenvalue weighted by Gasteiger charge is -2.12. The van der Waals surface area contributed by atoms with Crippen LogP contribution in [0.1, 0.15) is 21.7 Å². The summed E-state index contributed by atoms with van der Waals surface area (Å²) in [6.07, 6.45) is -4.76. The Labute approximate surface area is 192 Å². The molecule has 0 radical (unpaired) electrons. The highest BCUT2D eigenvalue weighted by molar-refractivity contribution is 5.86. The highest BCUT2D eigenvalue weighted by atomic mass is 19.4. The summed E-state index contributed by atoms with van der Waals surface area (Å²) in [5.74, 6) is -0.720. The van der Waals surface area contributed by atoms with Crippen LogP contribution in [0, 0.1) is 0 Å². The monoisotopic (exact) mass is 474 g/mol. The van der Waals surface area contributed by atoms with Crippen LogP contribution in [0.5, 0.6) is 11.5 Å². The van der Waals surface area contributed by atoms with Gasteiger partial charge in [0.15, 0.2) is 28.5 Å². The Bertz CT molecular complexity index is 1290. The summed E-state index contributed by atoms with van der Waals surface area (Å²) in [5.41, 5.74) is 4.96. The molecule has 0 fully saturated rings. The fourth-order valence-corrected chi connectivity index (χ4v) is 3.04. The first-order valence-electron chi connectivity index (χ1n) is 9.85. The number of carbonyl (C=O) groups is 1. The van der Waals surface area contributed by atoms with E-state index in [0.29, 0.717) is 28.1 Å². The van der Waals surface area contributed by atoms with Gasteiger partial charge in [0.2, 0.25) is 0 Å². The van der Waals surface area contributed by atoms with E-state index in [2.05, 4.69) is 10.1 Å². The van der Waals surface area contributed by atoms with E-state index in [-0.39, 0.29) is 11.3 Å². The molecule has 178 valence electrons. The van der Waals surface area contributed by atoms with Crippen LogP contribution in [0.2, 0.25) is 0 Å². The van der Waals surface area contributed by atoms with Crippen molar-refractivity contribution in [1.29, 1.82) is 0 Å². The van der Waals surface area contributed by atoms with Crippen LogP contribution >= 0.6 is 0 Å². The maximum atomic E-state index is 13.4. The number of ether oxygens (including phenoxy) is 2. The number of fused-ring (bicyclic) bond motifs is 1. The Morgan fingerprint density at radius 2 is 1.71 bits per heavy atom. The Hall–Kier alpha value is -4.12. The molecule has 0 aliphatic carbocycles. The molecule has 0 spiro atoms. The molecule has 2 aromatic carbocycles. The molecule has 8 nitrogen and oxygen atoms in total. The molecule has 2 heterocycles. The zero-order chi connectivity index (χ0) is 24.9. The molecule has 0 saturated heterocycles. The first-order valence-corrected chi connectivity index (χ1v) is 9.85. The smallest absolute Gasteiger partial charge is 0.433 e. The number of methoxy groups -OCH3 is 2. The van der Waals surface area contributed by atoms with Gasteiger partial charge in [-0.25, -0.2) is 14.3 Å². The molecule has 0 aliphatic rings. The molecule has 0 atom stereocenters. The van der Waals surface area contributed by atoms with Crippen LogP contribution < -0.4 is 15.2 Å². The largest absolute Gasteiger partial charge is 0.493 e. The van der Waals surface area contributed by atoms with Crippen molar-refractivity contribution in [2.75, 3.05) is 14.2 Å². The topological polar surface area (TPSA) is 112 Å². The van der Waals surface area contributed by atoms with Gasteiger partial charge in [-0.2, -0.15) is 18.3 Å². The third-order valence-electron chi connectivity index (χ3n) is 4.69. The second-order valence-electron chi connectivity index (χ2n) is 6.89. The van der Waals surface area contributed by atoms with E-state index in [1.54, 1.807) is 0 Å². The van der Waals surface area contributed by atoms with Gasteiger partial charge < -0.3 is 20.3 Å². The van der Waals surface area contributed by atoms with E-state index in [1.165, 1.54) is 38.0 Å². The number of hydrogen-bond acceptors (Lipinski definition) is 6. The minimum Gasteiger partial charge on any atom is -0.493 e. The number of alkyl halides is 3. The number of aromatic nitrogens is 3. The highest BCUT2D eigenvalue weighted by Crippen LogP contribution is 2.35. The van der Waals surface area contributed by atoms with E-state index >= 15 is 0 Å². The highest BCUT2D eigenvalue weighted by Gasteiger charge is 2.35. The van der Waals surface area contributed by atoms with Crippen LogP contribution in [0.3, 0.4) is 0 Å². The van der Waals surface area contributed by atoms with Crippen molar-refractivity contribution >= 4 is 11.6 Å². The third kappa shape index (κ3) is 5.44. The lowest BCUT2D eigenvalue weighted by Crippen LogP contribution is -2.14. The third-order valence-corrected chi connectivity index (χ3v) is 4.69. The van der Waals surface area contributed by atoms with Crippen LogP contribution in [-0.2, 0) is 12.7 Å². The second kappa shape index (κ2) is 10.2. The second-order valence-corrected chi connectivity index (χ2v) is 6.89. The number of carboxylic acids is 1. The van der Waals surface area contributed by atoms with E-state index in [9.17, 15) is 18.0 Å². The Balaban J connectivity index is 0.000000343. The van der Waals surface area contributed by atoms with Gasteiger partial charge in [0.1, 0.15) is 0 Å². The van der Waals surface area contributed by atoms with Crippen LogP contribution in [0.15, 0.2) is 60.7 Å². The summed E-state index contributed by atoms with van der Waals surface area (Å²) in [5, 5.41) is 12.4. The number of hydrogen-bond donors (Lipinski definition) is 2. The zero-order valence-electron chi connectivity index (χ0n) is 18.2. The van der Waals surface area contributed by atoms with E-state index in [0.717, 1.165) is 12.1 Å². The molecule has 0 bridgehead atoms. The summed E-state index contributed by atoms with van der Waals surface area (Å²) in [6.45, 7) is 0.640. The standard InChI is InChI=1S/C16H12F3N3O4.C7H9N/c1-25-11-4-3-8(5-12(11)26-2)9-6-13(16(17,18)19)22-14(20-9)7-10(21-22)15(23)24;8-6-7-4-2-1-3-5-7/h3-7H,1-2H3,(H,23,24);1-5H,6,8H2. The first-order chi connectivity index (χ1) is 16.2. The Morgan fingerprint density at radius 3 is 2.24 bits per heavy atom. The summed E-state index contributed by atoms with van der Waals surface area (Å²) in [4.78, 5) is 15.1. The fraction of sp³-hybridized carbons (Fsp3) is 0.174. The maximum Gasteiger partial charge on any atom is 0.433 e. The molecular formula is C23H21F3N4O4. The quantitative estimate of drug-likeness (QED) is 0.444. The van der Waals surface area contributed by atoms with E-state index < -0.39 is 23.5 Å². The van der Waals surface area contributed by atoms with Crippen LogP contribution in [0.4, 0.5) is 13.2 Å². The molecule has 0 amide bonds. The minimum absolute atomic E-state index is 0.0115. The predicted molar refractivity (Wildman–Crippen MR) is 118 cm³/mol. The van der Waals surface area contributed by atoms with Gasteiger partial charge in [-0.3, -0.25) is 0 Å². The average Bonchev–Trinajstić information content (AvgIpc) is 3.28. The predicted octanol–water partition coefficient (Wildman–Crippen LogP) is 4.28. The van der Waals surface area contributed by atoms with Crippen molar-refractivity contribution in [2.24, 2.45) is 5.73 Å². The Kier molecular flexibility index (Phi) is 7.37. The normalized spacial score (nSPS) is 11.0. The van der Waals surface area contributed by atoms with Crippen molar-refractivity contribution in [3.05, 3.63) is 77.6 Å². The molecule has 3 N–H and O–H groups in total. The lowest BCUT2D eigenvalue weighted by atomic mass is 10.1.